The standard InChI is InChI=1S/C15H14F2N2O2/c1-19(2)11-5-3-10(4-6-11)18-14-12(16)7-9(15(20)21)8-13(14)17/h3-8,18H,1-2H3,(H,20,21). The van der Waals surface area contributed by atoms with Gasteiger partial charge in [0.15, 0.2) is 11.6 Å². The lowest BCUT2D eigenvalue weighted by Gasteiger charge is -2.14. The highest BCUT2D eigenvalue weighted by Crippen LogP contribution is 2.26. The number of hydrogen-bond donors (Lipinski definition) is 2. The Hall–Kier alpha value is -2.63. The molecule has 2 aromatic carbocycles. The first kappa shape index (κ1) is 14.8. The molecule has 0 unspecified atom stereocenters. The summed E-state index contributed by atoms with van der Waals surface area (Å²) in [5.41, 5.74) is 0.639. The summed E-state index contributed by atoms with van der Waals surface area (Å²) in [6.07, 6.45) is 0. The second kappa shape index (κ2) is 5.78. The smallest absolute Gasteiger partial charge is 0.335 e. The fourth-order valence-electron chi connectivity index (χ4n) is 1.80. The maximum atomic E-state index is 13.8. The number of rotatable bonds is 4. The number of nitrogens with zero attached hydrogens (tertiary/aromatic N) is 1. The van der Waals surface area contributed by atoms with Crippen LogP contribution in [0.5, 0.6) is 0 Å². The number of nitrogens with one attached hydrogen (secondary N) is 1. The molecule has 2 rings (SSSR count). The lowest BCUT2D eigenvalue weighted by atomic mass is 10.1. The molecular weight excluding hydrogens is 278 g/mol. The normalized spacial score (nSPS) is 10.3. The first-order chi connectivity index (χ1) is 9.88. The maximum Gasteiger partial charge on any atom is 0.335 e. The van der Waals surface area contributed by atoms with Gasteiger partial charge in [0.05, 0.1) is 5.56 Å². The third-order valence-corrected chi connectivity index (χ3v) is 2.94. The van der Waals surface area contributed by atoms with Crippen molar-refractivity contribution in [1.82, 2.24) is 0 Å². The molecule has 21 heavy (non-hydrogen) atoms. The van der Waals surface area contributed by atoms with Crippen LogP contribution in [-0.2, 0) is 0 Å². The fraction of sp³-hybridized carbons (Fsp3) is 0.133. The van der Waals surface area contributed by atoms with Gasteiger partial charge in [0.25, 0.3) is 0 Å². The number of aromatic carboxylic acids is 1. The largest absolute Gasteiger partial charge is 0.478 e. The topological polar surface area (TPSA) is 52.6 Å². The molecular formula is C15H14F2N2O2. The van der Waals surface area contributed by atoms with Crippen LogP contribution in [0.15, 0.2) is 36.4 Å². The van der Waals surface area contributed by atoms with Gasteiger partial charge < -0.3 is 15.3 Å². The van der Waals surface area contributed by atoms with E-state index in [0.717, 1.165) is 17.8 Å². The zero-order chi connectivity index (χ0) is 15.6. The summed E-state index contributed by atoms with van der Waals surface area (Å²) in [4.78, 5) is 12.6. The number of anilines is 3. The highest BCUT2D eigenvalue weighted by atomic mass is 19.1. The summed E-state index contributed by atoms with van der Waals surface area (Å²) in [5.74, 6) is -3.29. The average molecular weight is 292 g/mol. The fourth-order valence-corrected chi connectivity index (χ4v) is 1.80. The number of carboxylic acids is 1. The predicted octanol–water partition coefficient (Wildman–Crippen LogP) is 3.47. The quantitative estimate of drug-likeness (QED) is 0.906. The van der Waals surface area contributed by atoms with Gasteiger partial charge in [0.2, 0.25) is 0 Å². The Morgan fingerprint density at radius 2 is 1.62 bits per heavy atom. The first-order valence-corrected chi connectivity index (χ1v) is 6.15. The van der Waals surface area contributed by atoms with Gasteiger partial charge in [-0.25, -0.2) is 13.6 Å². The number of halogens is 2. The van der Waals surface area contributed by atoms with Crippen molar-refractivity contribution in [3.05, 3.63) is 53.6 Å². The summed E-state index contributed by atoms with van der Waals surface area (Å²) < 4.78 is 27.6. The zero-order valence-electron chi connectivity index (χ0n) is 11.5. The molecule has 110 valence electrons. The van der Waals surface area contributed by atoms with Gasteiger partial charge in [-0.3, -0.25) is 0 Å². The minimum Gasteiger partial charge on any atom is -0.478 e. The minimum atomic E-state index is -1.38. The van der Waals surface area contributed by atoms with E-state index in [1.165, 1.54) is 0 Å². The molecule has 0 fully saturated rings. The lowest BCUT2D eigenvalue weighted by Crippen LogP contribution is -2.08. The highest BCUT2D eigenvalue weighted by Gasteiger charge is 2.14. The summed E-state index contributed by atoms with van der Waals surface area (Å²) in [6.45, 7) is 0. The molecule has 0 saturated carbocycles. The van der Waals surface area contributed by atoms with Gasteiger partial charge >= 0.3 is 5.97 Å². The highest BCUT2D eigenvalue weighted by molar-refractivity contribution is 5.88. The molecule has 0 spiro atoms. The van der Waals surface area contributed by atoms with Crippen molar-refractivity contribution in [3.63, 3.8) is 0 Å². The molecule has 2 N–H and O–H groups in total. The van der Waals surface area contributed by atoms with Crippen LogP contribution >= 0.6 is 0 Å². The van der Waals surface area contributed by atoms with Crippen molar-refractivity contribution in [2.45, 2.75) is 0 Å². The second-order valence-electron chi connectivity index (χ2n) is 4.69. The first-order valence-electron chi connectivity index (χ1n) is 6.15. The number of carboxylic acid groups (broad SMARTS) is 1. The molecule has 6 heteroatoms. The lowest BCUT2D eigenvalue weighted by molar-refractivity contribution is 0.0696. The summed E-state index contributed by atoms with van der Waals surface area (Å²) >= 11 is 0. The van der Waals surface area contributed by atoms with E-state index in [0.29, 0.717) is 5.69 Å². The molecule has 0 amide bonds. The average Bonchev–Trinajstić information content (AvgIpc) is 2.43. The van der Waals surface area contributed by atoms with E-state index in [9.17, 15) is 13.6 Å². The van der Waals surface area contributed by atoms with Crippen molar-refractivity contribution >= 4 is 23.0 Å². The monoisotopic (exact) mass is 292 g/mol. The Kier molecular flexibility index (Phi) is 4.07. The van der Waals surface area contributed by atoms with E-state index in [1.807, 2.05) is 19.0 Å². The van der Waals surface area contributed by atoms with Crippen LogP contribution in [0.2, 0.25) is 0 Å². The van der Waals surface area contributed by atoms with Crippen molar-refractivity contribution in [2.75, 3.05) is 24.3 Å². The molecule has 0 saturated heterocycles. The SMILES string of the molecule is CN(C)c1ccc(Nc2c(F)cc(C(=O)O)cc2F)cc1. The molecule has 0 atom stereocenters. The Bertz CT molecular complexity index is 647. The molecule has 0 heterocycles. The Morgan fingerprint density at radius 1 is 1.10 bits per heavy atom. The summed E-state index contributed by atoms with van der Waals surface area (Å²) in [6, 6.07) is 8.51. The second-order valence-corrected chi connectivity index (χ2v) is 4.69. The summed E-state index contributed by atoms with van der Waals surface area (Å²) in [7, 11) is 3.76. The molecule has 4 nitrogen and oxygen atoms in total. The van der Waals surface area contributed by atoms with Crippen LogP contribution < -0.4 is 10.2 Å². The number of hydrogen-bond acceptors (Lipinski definition) is 3. The molecule has 0 aliphatic heterocycles. The maximum absolute atomic E-state index is 13.8. The number of carbonyl (C=O) groups is 1. The van der Waals surface area contributed by atoms with E-state index in [-0.39, 0.29) is 5.69 Å². The van der Waals surface area contributed by atoms with E-state index in [2.05, 4.69) is 5.32 Å². The molecule has 0 bridgehead atoms. The van der Waals surface area contributed by atoms with E-state index in [1.54, 1.807) is 24.3 Å². The van der Waals surface area contributed by atoms with E-state index >= 15 is 0 Å². The van der Waals surface area contributed by atoms with Gasteiger partial charge in [-0.05, 0) is 36.4 Å². The van der Waals surface area contributed by atoms with Gasteiger partial charge in [-0.2, -0.15) is 0 Å². The molecule has 0 aromatic heterocycles. The Morgan fingerprint density at radius 3 is 2.05 bits per heavy atom. The van der Waals surface area contributed by atoms with E-state index in [4.69, 9.17) is 5.11 Å². The Labute approximate surface area is 120 Å². The van der Waals surface area contributed by atoms with Gasteiger partial charge in [-0.1, -0.05) is 0 Å². The predicted molar refractivity (Wildman–Crippen MR) is 77.4 cm³/mol. The van der Waals surface area contributed by atoms with Crippen LogP contribution in [0.1, 0.15) is 10.4 Å². The van der Waals surface area contributed by atoms with Gasteiger partial charge in [0.1, 0.15) is 5.69 Å². The van der Waals surface area contributed by atoms with Crippen LogP contribution in [0.25, 0.3) is 0 Å². The molecule has 2 aromatic rings. The Balaban J connectivity index is 2.29. The zero-order valence-corrected chi connectivity index (χ0v) is 11.5. The van der Waals surface area contributed by atoms with Crippen molar-refractivity contribution < 1.29 is 18.7 Å². The molecule has 0 aliphatic carbocycles. The van der Waals surface area contributed by atoms with Crippen LogP contribution in [0.3, 0.4) is 0 Å². The minimum absolute atomic E-state index is 0.377. The van der Waals surface area contributed by atoms with Crippen molar-refractivity contribution in [1.29, 1.82) is 0 Å². The number of benzene rings is 2. The molecule has 0 radical (unpaired) electrons. The molecule has 0 aliphatic rings. The van der Waals surface area contributed by atoms with Crippen molar-refractivity contribution in [2.24, 2.45) is 0 Å². The van der Waals surface area contributed by atoms with Crippen molar-refractivity contribution in [3.8, 4) is 0 Å². The van der Waals surface area contributed by atoms with Gasteiger partial charge in [0, 0.05) is 25.5 Å². The van der Waals surface area contributed by atoms with Crippen LogP contribution in [0.4, 0.5) is 25.8 Å². The van der Waals surface area contributed by atoms with Gasteiger partial charge in [-0.15, -0.1) is 0 Å². The van der Waals surface area contributed by atoms with Crippen LogP contribution in [0, 0.1) is 11.6 Å². The van der Waals surface area contributed by atoms with E-state index < -0.39 is 23.2 Å². The van der Waals surface area contributed by atoms with Crippen LogP contribution in [-0.4, -0.2) is 25.2 Å². The third-order valence-electron chi connectivity index (χ3n) is 2.94. The third kappa shape index (κ3) is 3.28. The summed E-state index contributed by atoms with van der Waals surface area (Å²) in [5, 5.41) is 11.3.